The zero-order valence-electron chi connectivity index (χ0n) is 14.9. The molecule has 2 aromatic rings. The highest BCUT2D eigenvalue weighted by atomic mass is 16.2. The van der Waals surface area contributed by atoms with Crippen LogP contribution in [0.1, 0.15) is 38.3 Å². The monoisotopic (exact) mass is 343 g/mol. The van der Waals surface area contributed by atoms with Crippen LogP contribution in [0.15, 0.2) is 24.7 Å². The minimum Gasteiger partial charge on any atom is -0.339 e. The van der Waals surface area contributed by atoms with Gasteiger partial charge in [0.2, 0.25) is 5.95 Å². The van der Waals surface area contributed by atoms with E-state index in [1.54, 1.807) is 23.1 Å². The molecule has 0 aromatic carbocycles. The van der Waals surface area contributed by atoms with Crippen molar-refractivity contribution in [1.29, 1.82) is 0 Å². The van der Waals surface area contributed by atoms with Crippen molar-refractivity contribution in [2.24, 2.45) is 7.05 Å². The lowest BCUT2D eigenvalue weighted by Gasteiger charge is -2.33. The van der Waals surface area contributed by atoms with E-state index in [4.69, 9.17) is 0 Å². The number of aryl methyl sites for hydroxylation is 1. The molecule has 3 rings (SSSR count). The second-order valence-electron chi connectivity index (χ2n) is 6.69. The van der Waals surface area contributed by atoms with Crippen LogP contribution in [-0.4, -0.2) is 44.9 Å². The van der Waals surface area contributed by atoms with E-state index < -0.39 is 0 Å². The fourth-order valence-corrected chi connectivity index (χ4v) is 3.10. The average Bonchev–Trinajstić information content (AvgIpc) is 2.96. The summed E-state index contributed by atoms with van der Waals surface area (Å²) in [4.78, 5) is 23.1. The summed E-state index contributed by atoms with van der Waals surface area (Å²) in [5.41, 5.74) is 1.65. The van der Waals surface area contributed by atoms with Crippen LogP contribution in [0.25, 0.3) is 0 Å². The van der Waals surface area contributed by atoms with Gasteiger partial charge in [-0.15, -0.1) is 0 Å². The third kappa shape index (κ3) is 4.26. The standard InChI is InChI=1S/C17H25N7O/c1-12(2)15-14(11-23(3)22-15)21-17(25)20-13-6-4-9-24(10-13)16-18-7-5-8-19-16/h5,7-8,11-13H,4,6,9-10H2,1-3H3,(H2,20,21,25). The zero-order chi connectivity index (χ0) is 17.8. The Bertz CT molecular complexity index is 713. The van der Waals surface area contributed by atoms with E-state index in [2.05, 4.69) is 44.4 Å². The highest BCUT2D eigenvalue weighted by Crippen LogP contribution is 2.22. The summed E-state index contributed by atoms with van der Waals surface area (Å²) in [6.07, 6.45) is 7.25. The lowest BCUT2D eigenvalue weighted by molar-refractivity contribution is 0.246. The van der Waals surface area contributed by atoms with Gasteiger partial charge in [0.15, 0.2) is 0 Å². The molecular formula is C17H25N7O. The molecule has 2 N–H and O–H groups in total. The molecule has 1 aliphatic rings. The number of anilines is 2. The predicted octanol–water partition coefficient (Wildman–Crippen LogP) is 2.12. The molecule has 0 spiro atoms. The molecule has 1 aliphatic heterocycles. The third-order valence-corrected chi connectivity index (χ3v) is 4.24. The van der Waals surface area contributed by atoms with Crippen molar-refractivity contribution in [3.05, 3.63) is 30.4 Å². The van der Waals surface area contributed by atoms with Gasteiger partial charge in [-0.25, -0.2) is 14.8 Å². The summed E-state index contributed by atoms with van der Waals surface area (Å²) in [7, 11) is 1.85. The van der Waals surface area contributed by atoms with Gasteiger partial charge in [0, 0.05) is 44.8 Å². The van der Waals surface area contributed by atoms with Crippen molar-refractivity contribution in [1.82, 2.24) is 25.1 Å². The van der Waals surface area contributed by atoms with Gasteiger partial charge in [0.05, 0.1) is 11.4 Å². The molecule has 1 saturated heterocycles. The van der Waals surface area contributed by atoms with Gasteiger partial charge in [-0.05, 0) is 24.8 Å². The molecule has 2 amide bonds. The van der Waals surface area contributed by atoms with Crippen LogP contribution in [-0.2, 0) is 7.05 Å². The number of hydrogen-bond acceptors (Lipinski definition) is 5. The molecule has 0 radical (unpaired) electrons. The quantitative estimate of drug-likeness (QED) is 0.888. The topological polar surface area (TPSA) is 88.0 Å². The first-order valence-corrected chi connectivity index (χ1v) is 8.66. The first-order valence-electron chi connectivity index (χ1n) is 8.66. The summed E-state index contributed by atoms with van der Waals surface area (Å²) in [5.74, 6) is 0.959. The minimum absolute atomic E-state index is 0.0664. The number of urea groups is 1. The highest BCUT2D eigenvalue weighted by molar-refractivity contribution is 5.90. The van der Waals surface area contributed by atoms with Crippen LogP contribution in [0.5, 0.6) is 0 Å². The fourth-order valence-electron chi connectivity index (χ4n) is 3.10. The normalized spacial score (nSPS) is 17.6. The Morgan fingerprint density at radius 3 is 2.80 bits per heavy atom. The first kappa shape index (κ1) is 17.2. The molecule has 8 heteroatoms. The van der Waals surface area contributed by atoms with E-state index in [0.29, 0.717) is 12.5 Å². The molecule has 25 heavy (non-hydrogen) atoms. The van der Waals surface area contributed by atoms with E-state index in [0.717, 1.165) is 30.8 Å². The second-order valence-corrected chi connectivity index (χ2v) is 6.69. The maximum Gasteiger partial charge on any atom is 0.319 e. The summed E-state index contributed by atoms with van der Waals surface area (Å²) < 4.78 is 1.72. The van der Waals surface area contributed by atoms with Gasteiger partial charge in [-0.1, -0.05) is 13.8 Å². The predicted molar refractivity (Wildman–Crippen MR) is 96.7 cm³/mol. The number of amides is 2. The van der Waals surface area contributed by atoms with Gasteiger partial charge in [-0.2, -0.15) is 5.10 Å². The van der Waals surface area contributed by atoms with Crippen molar-refractivity contribution >= 4 is 17.7 Å². The molecule has 1 fully saturated rings. The zero-order valence-corrected chi connectivity index (χ0v) is 14.9. The lowest BCUT2D eigenvalue weighted by Crippen LogP contribution is -2.49. The van der Waals surface area contributed by atoms with Gasteiger partial charge in [0.1, 0.15) is 0 Å². The molecular weight excluding hydrogens is 318 g/mol. The summed E-state index contributed by atoms with van der Waals surface area (Å²) >= 11 is 0. The van der Waals surface area contributed by atoms with Crippen LogP contribution >= 0.6 is 0 Å². The number of carbonyl (C=O) groups excluding carboxylic acids is 1. The average molecular weight is 343 g/mol. The van der Waals surface area contributed by atoms with Crippen LogP contribution in [0.3, 0.4) is 0 Å². The van der Waals surface area contributed by atoms with Gasteiger partial charge in [0.25, 0.3) is 0 Å². The number of rotatable bonds is 4. The number of hydrogen-bond donors (Lipinski definition) is 2. The molecule has 1 unspecified atom stereocenters. The molecule has 8 nitrogen and oxygen atoms in total. The Balaban J connectivity index is 1.59. The summed E-state index contributed by atoms with van der Waals surface area (Å²) in [6, 6.07) is 1.67. The van der Waals surface area contributed by atoms with E-state index >= 15 is 0 Å². The minimum atomic E-state index is -0.198. The van der Waals surface area contributed by atoms with Crippen molar-refractivity contribution in [3.63, 3.8) is 0 Å². The number of nitrogens with zero attached hydrogens (tertiary/aromatic N) is 5. The summed E-state index contributed by atoms with van der Waals surface area (Å²) in [5, 5.41) is 10.4. The SMILES string of the molecule is CC(C)c1nn(C)cc1NC(=O)NC1CCCN(c2ncccn2)C1. The van der Waals surface area contributed by atoms with Crippen molar-refractivity contribution in [2.45, 2.75) is 38.6 Å². The second kappa shape index (κ2) is 7.50. The van der Waals surface area contributed by atoms with Gasteiger partial charge < -0.3 is 15.5 Å². The molecule has 1 atom stereocenters. The van der Waals surface area contributed by atoms with Crippen LogP contribution in [0.4, 0.5) is 16.4 Å². The Morgan fingerprint density at radius 2 is 2.08 bits per heavy atom. The summed E-state index contributed by atoms with van der Waals surface area (Å²) in [6.45, 7) is 5.74. The Kier molecular flexibility index (Phi) is 5.16. The molecule has 3 heterocycles. The third-order valence-electron chi connectivity index (χ3n) is 4.24. The van der Waals surface area contributed by atoms with Crippen LogP contribution in [0, 0.1) is 0 Å². The molecule has 0 bridgehead atoms. The van der Waals surface area contributed by atoms with Crippen LogP contribution < -0.4 is 15.5 Å². The molecule has 2 aromatic heterocycles. The maximum absolute atomic E-state index is 12.4. The molecule has 0 aliphatic carbocycles. The van der Waals surface area contributed by atoms with Crippen molar-refractivity contribution < 1.29 is 4.79 Å². The molecule has 134 valence electrons. The van der Waals surface area contributed by atoms with Crippen molar-refractivity contribution in [2.75, 3.05) is 23.3 Å². The molecule has 0 saturated carbocycles. The van der Waals surface area contributed by atoms with E-state index in [1.165, 1.54) is 0 Å². The van der Waals surface area contributed by atoms with E-state index in [9.17, 15) is 4.79 Å². The number of nitrogens with one attached hydrogen (secondary N) is 2. The lowest BCUT2D eigenvalue weighted by atomic mass is 10.1. The number of aromatic nitrogens is 4. The Hall–Kier alpha value is -2.64. The Labute approximate surface area is 147 Å². The maximum atomic E-state index is 12.4. The smallest absolute Gasteiger partial charge is 0.319 e. The largest absolute Gasteiger partial charge is 0.339 e. The van der Waals surface area contributed by atoms with Crippen LogP contribution in [0.2, 0.25) is 0 Å². The number of carbonyl (C=O) groups is 1. The first-order chi connectivity index (χ1) is 12.0. The van der Waals surface area contributed by atoms with E-state index in [1.807, 2.05) is 13.2 Å². The van der Waals surface area contributed by atoms with Gasteiger partial charge >= 0.3 is 6.03 Å². The Morgan fingerprint density at radius 1 is 1.32 bits per heavy atom. The van der Waals surface area contributed by atoms with E-state index in [-0.39, 0.29) is 18.0 Å². The number of piperidine rings is 1. The highest BCUT2D eigenvalue weighted by Gasteiger charge is 2.23. The fraction of sp³-hybridized carbons (Fsp3) is 0.529. The van der Waals surface area contributed by atoms with Crippen molar-refractivity contribution in [3.8, 4) is 0 Å². The van der Waals surface area contributed by atoms with Gasteiger partial charge in [-0.3, -0.25) is 4.68 Å².